The van der Waals surface area contributed by atoms with E-state index in [-0.39, 0.29) is 5.91 Å². The predicted molar refractivity (Wildman–Crippen MR) is 131 cm³/mol. The average Bonchev–Trinajstić information content (AvgIpc) is 3.15. The maximum atomic E-state index is 13.5. The molecule has 0 N–H and O–H groups in total. The summed E-state index contributed by atoms with van der Waals surface area (Å²) in [6, 6.07) is 12.1. The van der Waals surface area contributed by atoms with Crippen molar-refractivity contribution in [2.24, 2.45) is 0 Å². The van der Waals surface area contributed by atoms with E-state index in [1.807, 2.05) is 27.6 Å². The molecule has 1 fully saturated rings. The van der Waals surface area contributed by atoms with E-state index in [4.69, 9.17) is 16.6 Å². The SMILES string of the molecule is CCCN(CCN1CCCCC1)C(=O)Cc1c(-c2ccc(C)cc2)nc2ccc(Cl)cn12. The van der Waals surface area contributed by atoms with Crippen molar-refractivity contribution in [1.29, 1.82) is 0 Å². The number of nitrogens with zero attached hydrogens (tertiary/aromatic N) is 4. The molecule has 170 valence electrons. The van der Waals surface area contributed by atoms with E-state index in [9.17, 15) is 4.79 Å². The molecule has 0 spiro atoms. The van der Waals surface area contributed by atoms with Crippen LogP contribution in [0.3, 0.4) is 0 Å². The quantitative estimate of drug-likeness (QED) is 0.469. The Labute approximate surface area is 196 Å². The number of carbonyl (C=O) groups is 1. The number of likely N-dealkylation sites (tertiary alicyclic amines) is 1. The van der Waals surface area contributed by atoms with E-state index < -0.39 is 0 Å². The molecule has 4 rings (SSSR count). The van der Waals surface area contributed by atoms with Crippen LogP contribution in [0.15, 0.2) is 42.6 Å². The lowest BCUT2D eigenvalue weighted by atomic mass is 10.1. The topological polar surface area (TPSA) is 40.8 Å². The Kier molecular flexibility index (Phi) is 7.48. The summed E-state index contributed by atoms with van der Waals surface area (Å²) in [6.07, 6.45) is 6.99. The highest BCUT2D eigenvalue weighted by Gasteiger charge is 2.21. The molecular weight excluding hydrogens is 420 g/mol. The molecule has 0 aliphatic carbocycles. The molecule has 1 aliphatic heterocycles. The molecule has 2 aromatic heterocycles. The zero-order valence-electron chi connectivity index (χ0n) is 19.2. The number of pyridine rings is 1. The first-order valence-corrected chi connectivity index (χ1v) is 12.2. The summed E-state index contributed by atoms with van der Waals surface area (Å²) in [5.74, 6) is 0.152. The second kappa shape index (κ2) is 10.5. The Morgan fingerprint density at radius 2 is 1.81 bits per heavy atom. The molecule has 3 aromatic rings. The average molecular weight is 453 g/mol. The van der Waals surface area contributed by atoms with Gasteiger partial charge >= 0.3 is 0 Å². The molecule has 6 heteroatoms. The van der Waals surface area contributed by atoms with Crippen molar-refractivity contribution >= 4 is 23.2 Å². The van der Waals surface area contributed by atoms with Crippen LogP contribution in [-0.2, 0) is 11.2 Å². The Bertz CT molecular complexity index is 1050. The first kappa shape index (κ1) is 22.8. The third-order valence-electron chi connectivity index (χ3n) is 6.31. The van der Waals surface area contributed by atoms with Crippen LogP contribution in [0.4, 0.5) is 0 Å². The van der Waals surface area contributed by atoms with Crippen molar-refractivity contribution in [3.05, 3.63) is 58.9 Å². The van der Waals surface area contributed by atoms with Crippen molar-refractivity contribution in [3.8, 4) is 11.3 Å². The predicted octanol–water partition coefficient (Wildman–Crippen LogP) is 5.23. The maximum Gasteiger partial charge on any atom is 0.228 e. The number of piperidine rings is 1. The van der Waals surface area contributed by atoms with Gasteiger partial charge in [0, 0.05) is 31.4 Å². The van der Waals surface area contributed by atoms with Gasteiger partial charge in [-0.15, -0.1) is 0 Å². The zero-order chi connectivity index (χ0) is 22.5. The molecular formula is C26H33ClN4O. The minimum Gasteiger partial charge on any atom is -0.341 e. The largest absolute Gasteiger partial charge is 0.341 e. The van der Waals surface area contributed by atoms with E-state index in [0.717, 1.165) is 61.7 Å². The fourth-order valence-electron chi connectivity index (χ4n) is 4.51. The Hall–Kier alpha value is -2.37. The van der Waals surface area contributed by atoms with Gasteiger partial charge in [-0.2, -0.15) is 0 Å². The lowest BCUT2D eigenvalue weighted by molar-refractivity contribution is -0.130. The van der Waals surface area contributed by atoms with Gasteiger partial charge in [0.15, 0.2) is 0 Å². The van der Waals surface area contributed by atoms with Gasteiger partial charge in [0.05, 0.1) is 22.8 Å². The number of rotatable bonds is 8. The van der Waals surface area contributed by atoms with Crippen LogP contribution in [0.1, 0.15) is 43.9 Å². The summed E-state index contributed by atoms with van der Waals surface area (Å²) in [5.41, 5.74) is 4.78. The molecule has 32 heavy (non-hydrogen) atoms. The van der Waals surface area contributed by atoms with Gasteiger partial charge in [-0.1, -0.05) is 54.8 Å². The van der Waals surface area contributed by atoms with Crippen LogP contribution in [0.25, 0.3) is 16.9 Å². The van der Waals surface area contributed by atoms with Gasteiger partial charge in [0.1, 0.15) is 5.65 Å². The summed E-state index contributed by atoms with van der Waals surface area (Å²) >= 11 is 6.30. The number of amides is 1. The molecule has 0 unspecified atom stereocenters. The van der Waals surface area contributed by atoms with Crippen LogP contribution >= 0.6 is 11.6 Å². The number of imidazole rings is 1. The number of carbonyl (C=O) groups excluding carboxylic acids is 1. The number of aryl methyl sites for hydroxylation is 1. The first-order valence-electron chi connectivity index (χ1n) is 11.8. The molecule has 1 amide bonds. The van der Waals surface area contributed by atoms with Gasteiger partial charge in [0.2, 0.25) is 5.91 Å². The third kappa shape index (κ3) is 5.33. The van der Waals surface area contributed by atoms with Crippen molar-refractivity contribution in [1.82, 2.24) is 19.2 Å². The molecule has 0 atom stereocenters. The number of halogens is 1. The Morgan fingerprint density at radius 1 is 1.06 bits per heavy atom. The second-order valence-corrected chi connectivity index (χ2v) is 9.24. The van der Waals surface area contributed by atoms with E-state index in [2.05, 4.69) is 43.0 Å². The van der Waals surface area contributed by atoms with Crippen LogP contribution in [-0.4, -0.2) is 57.8 Å². The molecule has 3 heterocycles. The van der Waals surface area contributed by atoms with Gasteiger partial charge in [-0.25, -0.2) is 4.98 Å². The standard InChI is InChI=1S/C26H33ClN4O/c1-3-13-30(17-16-29-14-5-4-6-15-29)25(32)18-23-26(21-9-7-20(2)8-10-21)28-24-12-11-22(27)19-31(23)24/h7-12,19H,3-6,13-18H2,1-2H3. The first-order chi connectivity index (χ1) is 15.5. The van der Waals surface area contributed by atoms with E-state index >= 15 is 0 Å². The van der Waals surface area contributed by atoms with E-state index in [1.54, 1.807) is 0 Å². The van der Waals surface area contributed by atoms with Gasteiger partial charge < -0.3 is 14.2 Å². The summed E-state index contributed by atoms with van der Waals surface area (Å²) in [4.78, 5) is 22.8. The minimum absolute atomic E-state index is 0.152. The normalized spacial score (nSPS) is 14.7. The highest BCUT2D eigenvalue weighted by atomic mass is 35.5. The van der Waals surface area contributed by atoms with Crippen LogP contribution in [0.5, 0.6) is 0 Å². The fourth-order valence-corrected chi connectivity index (χ4v) is 4.67. The molecule has 5 nitrogen and oxygen atoms in total. The van der Waals surface area contributed by atoms with Crippen LogP contribution < -0.4 is 0 Å². The number of fused-ring (bicyclic) bond motifs is 1. The van der Waals surface area contributed by atoms with Crippen molar-refractivity contribution < 1.29 is 4.79 Å². The number of hydrogen-bond acceptors (Lipinski definition) is 3. The second-order valence-electron chi connectivity index (χ2n) is 8.81. The molecule has 1 aromatic carbocycles. The summed E-state index contributed by atoms with van der Waals surface area (Å²) < 4.78 is 1.98. The Morgan fingerprint density at radius 3 is 2.53 bits per heavy atom. The van der Waals surface area contributed by atoms with E-state index in [0.29, 0.717) is 11.4 Å². The van der Waals surface area contributed by atoms with E-state index in [1.165, 1.54) is 24.8 Å². The van der Waals surface area contributed by atoms with Crippen molar-refractivity contribution in [2.75, 3.05) is 32.7 Å². The lowest BCUT2D eigenvalue weighted by Gasteiger charge is -2.30. The molecule has 1 saturated heterocycles. The van der Waals surface area contributed by atoms with Crippen LogP contribution in [0, 0.1) is 6.92 Å². The summed E-state index contributed by atoms with van der Waals surface area (Å²) in [5, 5.41) is 0.634. The fraction of sp³-hybridized carbons (Fsp3) is 0.462. The number of aromatic nitrogens is 2. The molecule has 0 radical (unpaired) electrons. The number of hydrogen-bond donors (Lipinski definition) is 0. The molecule has 0 bridgehead atoms. The third-order valence-corrected chi connectivity index (χ3v) is 6.53. The monoisotopic (exact) mass is 452 g/mol. The summed E-state index contributed by atoms with van der Waals surface area (Å²) in [7, 11) is 0. The zero-order valence-corrected chi connectivity index (χ0v) is 19.9. The van der Waals surface area contributed by atoms with Crippen molar-refractivity contribution in [3.63, 3.8) is 0 Å². The van der Waals surface area contributed by atoms with Crippen LogP contribution in [0.2, 0.25) is 5.02 Å². The summed E-state index contributed by atoms with van der Waals surface area (Å²) in [6.45, 7) is 9.02. The van der Waals surface area contributed by atoms with Gasteiger partial charge in [-0.05, 0) is 51.4 Å². The molecule has 1 aliphatic rings. The molecule has 0 saturated carbocycles. The van der Waals surface area contributed by atoms with Gasteiger partial charge in [-0.3, -0.25) is 4.79 Å². The van der Waals surface area contributed by atoms with Crippen molar-refractivity contribution in [2.45, 2.75) is 46.0 Å². The lowest BCUT2D eigenvalue weighted by Crippen LogP contribution is -2.41. The highest BCUT2D eigenvalue weighted by molar-refractivity contribution is 6.30. The maximum absolute atomic E-state index is 13.5. The van der Waals surface area contributed by atoms with Gasteiger partial charge in [0.25, 0.3) is 0 Å². The number of benzene rings is 1. The minimum atomic E-state index is 0.152. The smallest absolute Gasteiger partial charge is 0.228 e. The Balaban J connectivity index is 1.60. The highest BCUT2D eigenvalue weighted by Crippen LogP contribution is 2.27.